The van der Waals surface area contributed by atoms with Gasteiger partial charge in [0.15, 0.2) is 0 Å². The molecule has 0 heterocycles. The summed E-state index contributed by atoms with van der Waals surface area (Å²) >= 11 is -4.10. The van der Waals surface area contributed by atoms with Gasteiger partial charge in [0.1, 0.15) is 0 Å². The van der Waals surface area contributed by atoms with Crippen LogP contribution in [-0.2, 0) is 63.3 Å². The van der Waals surface area contributed by atoms with Gasteiger partial charge in [0.2, 0.25) is 0 Å². The van der Waals surface area contributed by atoms with E-state index in [2.05, 4.69) is 14.2 Å². The number of hydrogen-bond donors (Lipinski definition) is 0. The topological polar surface area (TPSA) is 139 Å². The number of ether oxygens (including phenoxy) is 3. The van der Waals surface area contributed by atoms with Gasteiger partial charge >= 0.3 is 173 Å². The molecule has 0 atom stereocenters. The van der Waals surface area contributed by atoms with E-state index in [1.165, 1.54) is 0 Å². The maximum atomic E-state index is 12.4. The van der Waals surface area contributed by atoms with Crippen molar-refractivity contribution < 1.29 is 63.3 Å². The van der Waals surface area contributed by atoms with Gasteiger partial charge in [-0.3, -0.25) is 0 Å². The number of hydrogen-bond acceptors (Lipinski definition) is 10. The molecule has 0 unspecified atom stereocenters. The SMILES string of the molecule is COC(=O)CC(=O)[CH2][Ti]([CH2]C(=O)CC(=O)OC)([CH2]C(=O)CC(=O)OC)[O]C(C)C. The van der Waals surface area contributed by atoms with Crippen molar-refractivity contribution in [2.45, 2.75) is 53.4 Å². The molecule has 0 bridgehead atoms. The van der Waals surface area contributed by atoms with E-state index in [4.69, 9.17) is 3.32 Å². The van der Waals surface area contributed by atoms with E-state index >= 15 is 0 Å². The van der Waals surface area contributed by atoms with Crippen molar-refractivity contribution in [1.29, 1.82) is 0 Å². The predicted octanol–water partition coefficient (Wildman–Crippen LogP) is 1.13. The molecular formula is C18H28O10Ti. The van der Waals surface area contributed by atoms with Gasteiger partial charge in [-0.15, -0.1) is 0 Å². The van der Waals surface area contributed by atoms with E-state index in [-0.39, 0.29) is 14.2 Å². The van der Waals surface area contributed by atoms with Gasteiger partial charge < -0.3 is 0 Å². The van der Waals surface area contributed by atoms with Crippen LogP contribution in [0.25, 0.3) is 0 Å². The van der Waals surface area contributed by atoms with Crippen LogP contribution in [0.15, 0.2) is 0 Å². The normalized spacial score (nSPS) is 11.0. The van der Waals surface area contributed by atoms with Crippen LogP contribution in [0.5, 0.6) is 0 Å². The van der Waals surface area contributed by atoms with E-state index in [1.54, 1.807) is 13.8 Å². The summed E-state index contributed by atoms with van der Waals surface area (Å²) in [5, 5.41) is 0. The van der Waals surface area contributed by atoms with Crippen LogP contribution in [0.2, 0.25) is 14.2 Å². The molecule has 0 aromatic heterocycles. The molecule has 0 saturated heterocycles. The van der Waals surface area contributed by atoms with Crippen molar-refractivity contribution >= 4 is 35.3 Å². The van der Waals surface area contributed by atoms with Crippen molar-refractivity contribution in [3.8, 4) is 0 Å². The van der Waals surface area contributed by atoms with Crippen LogP contribution in [0.3, 0.4) is 0 Å². The Balaban J connectivity index is 5.73. The number of rotatable bonds is 14. The Bertz CT molecular complexity index is 562. The van der Waals surface area contributed by atoms with Gasteiger partial charge in [0, 0.05) is 0 Å². The minimum absolute atomic E-state index is 0.271. The van der Waals surface area contributed by atoms with Crippen molar-refractivity contribution in [1.82, 2.24) is 0 Å². The molecule has 0 fully saturated rings. The third kappa shape index (κ3) is 11.6. The van der Waals surface area contributed by atoms with Crippen LogP contribution < -0.4 is 0 Å². The maximum absolute atomic E-state index is 12.4. The quantitative estimate of drug-likeness (QED) is 0.163. The Morgan fingerprint density at radius 1 is 0.621 bits per heavy atom. The predicted molar refractivity (Wildman–Crippen MR) is 95.6 cm³/mol. The second-order valence-corrected chi connectivity index (χ2v) is 12.5. The van der Waals surface area contributed by atoms with Gasteiger partial charge in [0.05, 0.1) is 0 Å². The van der Waals surface area contributed by atoms with Crippen LogP contribution in [0.4, 0.5) is 0 Å². The van der Waals surface area contributed by atoms with Crippen molar-refractivity contribution in [3.05, 3.63) is 0 Å². The van der Waals surface area contributed by atoms with Crippen LogP contribution in [0.1, 0.15) is 33.1 Å². The molecular weight excluding hydrogens is 424 g/mol. The van der Waals surface area contributed by atoms with E-state index in [1.807, 2.05) is 0 Å². The Morgan fingerprint density at radius 3 is 1.10 bits per heavy atom. The number of esters is 3. The summed E-state index contributed by atoms with van der Waals surface area (Å²) in [7, 11) is 3.40. The van der Waals surface area contributed by atoms with Crippen molar-refractivity contribution in [2.24, 2.45) is 0 Å². The van der Waals surface area contributed by atoms with Crippen LogP contribution in [-0.4, -0.2) is 62.7 Å². The Morgan fingerprint density at radius 2 is 0.897 bits per heavy atom. The Hall–Kier alpha value is -1.91. The monoisotopic (exact) mass is 452 g/mol. The number of carbonyl (C=O) groups excluding carboxylic acids is 6. The molecule has 29 heavy (non-hydrogen) atoms. The van der Waals surface area contributed by atoms with Crippen LogP contribution in [0, 0.1) is 0 Å². The summed E-state index contributed by atoms with van der Waals surface area (Å²) in [5.41, 5.74) is 0. The molecule has 0 aromatic carbocycles. The zero-order chi connectivity index (χ0) is 22.6. The fourth-order valence-corrected chi connectivity index (χ4v) is 9.27. The molecule has 164 valence electrons. The fourth-order valence-electron chi connectivity index (χ4n) is 2.78. The first kappa shape index (κ1) is 27.1. The zero-order valence-electron chi connectivity index (χ0n) is 17.4. The summed E-state index contributed by atoms with van der Waals surface area (Å²) in [6.45, 7) is 3.36. The molecule has 0 aliphatic carbocycles. The van der Waals surface area contributed by atoms with Gasteiger partial charge in [-0.2, -0.15) is 0 Å². The van der Waals surface area contributed by atoms with Crippen molar-refractivity contribution in [3.63, 3.8) is 0 Å². The summed E-state index contributed by atoms with van der Waals surface area (Å²) < 4.78 is 18.6. The van der Waals surface area contributed by atoms with E-state index < -0.39 is 77.6 Å². The minimum atomic E-state index is -4.10. The molecule has 0 N–H and O–H groups in total. The van der Waals surface area contributed by atoms with E-state index in [9.17, 15) is 28.8 Å². The third-order valence-corrected chi connectivity index (χ3v) is 10.1. The van der Waals surface area contributed by atoms with Crippen LogP contribution >= 0.6 is 0 Å². The second-order valence-electron chi connectivity index (χ2n) is 6.75. The molecule has 0 aliphatic rings. The average molecular weight is 452 g/mol. The number of methoxy groups -OCH3 is 3. The first-order valence-electron chi connectivity index (χ1n) is 8.90. The molecule has 0 aromatic rings. The first-order chi connectivity index (χ1) is 13.5. The number of Topliss-reactive ketones (excluding diaryl/α,β-unsaturated/α-hetero) is 3. The second kappa shape index (κ2) is 13.3. The van der Waals surface area contributed by atoms with Gasteiger partial charge in [0.25, 0.3) is 0 Å². The molecule has 0 spiro atoms. The molecule has 0 rings (SSSR count). The van der Waals surface area contributed by atoms with E-state index in [0.717, 1.165) is 21.3 Å². The number of carbonyl (C=O) groups is 6. The number of ketones is 3. The summed E-state index contributed by atoms with van der Waals surface area (Å²) in [6, 6.07) is 0. The summed E-state index contributed by atoms with van der Waals surface area (Å²) in [5.74, 6) is -3.86. The summed E-state index contributed by atoms with van der Waals surface area (Å²) in [6.07, 6.45) is -2.00. The fraction of sp³-hybridized carbons (Fsp3) is 0.667. The average Bonchev–Trinajstić information content (AvgIpc) is 2.59. The third-order valence-electron chi connectivity index (χ3n) is 3.75. The molecule has 0 radical (unpaired) electrons. The molecule has 0 aliphatic heterocycles. The molecule has 0 amide bonds. The van der Waals surface area contributed by atoms with E-state index in [0.29, 0.717) is 0 Å². The van der Waals surface area contributed by atoms with Gasteiger partial charge in [-0.1, -0.05) is 0 Å². The Kier molecular flexibility index (Phi) is 12.5. The van der Waals surface area contributed by atoms with Gasteiger partial charge in [-0.05, 0) is 0 Å². The van der Waals surface area contributed by atoms with Crippen molar-refractivity contribution in [2.75, 3.05) is 21.3 Å². The molecule has 0 saturated carbocycles. The van der Waals surface area contributed by atoms with Gasteiger partial charge in [-0.25, -0.2) is 0 Å². The molecule has 10 nitrogen and oxygen atoms in total. The zero-order valence-corrected chi connectivity index (χ0v) is 19.0. The standard InChI is InChI=1S/3C5H7O3.C3H7O.Ti/c3*1-4(6)3-5(7)8-2;1-3(2)4;/h3*1,3H2,2H3;3H,1-2H3;/q;;;-1;+1. The first-order valence-corrected chi connectivity index (χ1v) is 12.8. The Labute approximate surface area is 173 Å². The molecule has 11 heteroatoms. The summed E-state index contributed by atoms with van der Waals surface area (Å²) in [4.78, 5) is 71.4.